The second-order valence-electron chi connectivity index (χ2n) is 3.55. The highest BCUT2D eigenvalue weighted by molar-refractivity contribution is 7.71. The van der Waals surface area contributed by atoms with Crippen molar-refractivity contribution in [1.29, 1.82) is 0 Å². The molecule has 0 aromatic carbocycles. The first-order valence-corrected chi connectivity index (χ1v) is 5.18. The lowest BCUT2D eigenvalue weighted by Crippen LogP contribution is -2.02. The first kappa shape index (κ1) is 10.0. The first-order chi connectivity index (χ1) is 7.18. The smallest absolute Gasteiger partial charge is 0.216 e. The Labute approximate surface area is 93.0 Å². The fourth-order valence-electron chi connectivity index (χ4n) is 1.33. The Morgan fingerprint density at radius 1 is 1.33 bits per heavy atom. The van der Waals surface area contributed by atoms with Gasteiger partial charge in [0.2, 0.25) is 4.77 Å². The molecule has 5 heteroatoms. The van der Waals surface area contributed by atoms with E-state index in [1.807, 2.05) is 16.8 Å². The Morgan fingerprint density at radius 2 is 2.00 bits per heavy atom. The molecule has 0 atom stereocenters. The van der Waals surface area contributed by atoms with Gasteiger partial charge in [-0.1, -0.05) is 0 Å². The molecule has 4 nitrogen and oxygen atoms in total. The van der Waals surface area contributed by atoms with Crippen LogP contribution < -0.4 is 0 Å². The van der Waals surface area contributed by atoms with E-state index in [1.54, 1.807) is 12.4 Å². The molecule has 1 N–H and O–H groups in total. The quantitative estimate of drug-likeness (QED) is 0.791. The summed E-state index contributed by atoms with van der Waals surface area (Å²) in [6.45, 7) is 4.12. The van der Waals surface area contributed by atoms with Gasteiger partial charge in [-0.05, 0) is 38.2 Å². The van der Waals surface area contributed by atoms with Crippen LogP contribution >= 0.6 is 12.2 Å². The lowest BCUT2D eigenvalue weighted by Gasteiger charge is -2.04. The Bertz CT molecular complexity index is 498. The van der Waals surface area contributed by atoms with Crippen LogP contribution in [0.25, 0.3) is 11.4 Å². The molecule has 2 heterocycles. The lowest BCUT2D eigenvalue weighted by atomic mass is 10.3. The van der Waals surface area contributed by atoms with Gasteiger partial charge < -0.3 is 0 Å². The third kappa shape index (κ3) is 1.97. The van der Waals surface area contributed by atoms with Crippen LogP contribution in [0.4, 0.5) is 0 Å². The van der Waals surface area contributed by atoms with Gasteiger partial charge in [0.05, 0.1) is 0 Å². The van der Waals surface area contributed by atoms with E-state index in [-0.39, 0.29) is 0 Å². The van der Waals surface area contributed by atoms with Crippen LogP contribution in [0.2, 0.25) is 0 Å². The van der Waals surface area contributed by atoms with Crippen molar-refractivity contribution < 1.29 is 0 Å². The van der Waals surface area contributed by atoms with Gasteiger partial charge in [0, 0.05) is 24.0 Å². The predicted molar refractivity (Wildman–Crippen MR) is 61.0 cm³/mol. The van der Waals surface area contributed by atoms with Crippen LogP contribution in [0.5, 0.6) is 0 Å². The SMILES string of the molecule is CC(C)n1[nH]c(-c2ccncc2)nc1=S. The van der Waals surface area contributed by atoms with E-state index in [0.29, 0.717) is 10.8 Å². The molecule has 78 valence electrons. The van der Waals surface area contributed by atoms with Crippen LogP contribution in [0.1, 0.15) is 19.9 Å². The van der Waals surface area contributed by atoms with Crippen molar-refractivity contribution in [3.8, 4) is 11.4 Å². The van der Waals surface area contributed by atoms with Crippen molar-refractivity contribution in [2.24, 2.45) is 0 Å². The lowest BCUT2D eigenvalue weighted by molar-refractivity contribution is 0.525. The molecule has 0 fully saturated rings. The van der Waals surface area contributed by atoms with E-state index in [1.165, 1.54) is 0 Å². The minimum atomic E-state index is 0.292. The Balaban J connectivity index is 2.48. The molecule has 0 unspecified atom stereocenters. The standard InChI is InChI=1S/C10H12N4S/c1-7(2)14-10(15)12-9(13-14)8-3-5-11-6-4-8/h3-7H,1-2H3,(H,12,13,15). The van der Waals surface area contributed by atoms with Crippen LogP contribution in [0.15, 0.2) is 24.5 Å². The zero-order valence-electron chi connectivity index (χ0n) is 8.64. The van der Waals surface area contributed by atoms with Gasteiger partial charge in [-0.3, -0.25) is 14.8 Å². The van der Waals surface area contributed by atoms with Gasteiger partial charge in [-0.25, -0.2) is 0 Å². The van der Waals surface area contributed by atoms with Crippen molar-refractivity contribution in [3.63, 3.8) is 0 Å². The summed E-state index contributed by atoms with van der Waals surface area (Å²) < 4.78 is 2.45. The number of aromatic amines is 1. The Kier molecular flexibility index (Phi) is 2.64. The maximum Gasteiger partial charge on any atom is 0.216 e. The maximum absolute atomic E-state index is 5.15. The van der Waals surface area contributed by atoms with Crippen molar-refractivity contribution in [1.82, 2.24) is 19.7 Å². The number of aromatic nitrogens is 4. The van der Waals surface area contributed by atoms with E-state index < -0.39 is 0 Å². The van der Waals surface area contributed by atoms with Crippen molar-refractivity contribution in [2.75, 3.05) is 0 Å². The van der Waals surface area contributed by atoms with E-state index in [2.05, 4.69) is 28.9 Å². The zero-order chi connectivity index (χ0) is 10.8. The largest absolute Gasteiger partial charge is 0.279 e. The number of hydrogen-bond acceptors (Lipinski definition) is 3. The van der Waals surface area contributed by atoms with Gasteiger partial charge in [-0.2, -0.15) is 4.98 Å². The molecule has 2 aromatic rings. The van der Waals surface area contributed by atoms with E-state index in [9.17, 15) is 0 Å². The molecule has 0 bridgehead atoms. The summed E-state index contributed by atoms with van der Waals surface area (Å²) in [5.41, 5.74) is 0.996. The number of nitrogens with one attached hydrogen (secondary N) is 1. The van der Waals surface area contributed by atoms with Crippen molar-refractivity contribution in [2.45, 2.75) is 19.9 Å². The van der Waals surface area contributed by atoms with Gasteiger partial charge in [0.1, 0.15) is 0 Å². The van der Waals surface area contributed by atoms with E-state index in [0.717, 1.165) is 11.4 Å². The summed E-state index contributed by atoms with van der Waals surface area (Å²) in [6.07, 6.45) is 3.47. The molecule has 0 radical (unpaired) electrons. The minimum Gasteiger partial charge on any atom is -0.279 e. The Hall–Kier alpha value is -1.49. The third-order valence-electron chi connectivity index (χ3n) is 2.11. The van der Waals surface area contributed by atoms with Crippen LogP contribution in [-0.2, 0) is 0 Å². The van der Waals surface area contributed by atoms with Crippen molar-refractivity contribution in [3.05, 3.63) is 29.3 Å². The van der Waals surface area contributed by atoms with Gasteiger partial charge in [0.25, 0.3) is 0 Å². The van der Waals surface area contributed by atoms with Gasteiger partial charge in [-0.15, -0.1) is 0 Å². The average Bonchev–Trinajstić information content (AvgIpc) is 2.62. The molecule has 0 saturated carbocycles. The summed E-state index contributed by atoms with van der Waals surface area (Å²) >= 11 is 5.15. The molecule has 2 aromatic heterocycles. The average molecular weight is 220 g/mol. The van der Waals surface area contributed by atoms with Gasteiger partial charge in [0.15, 0.2) is 5.82 Å². The topological polar surface area (TPSA) is 46.5 Å². The summed E-state index contributed by atoms with van der Waals surface area (Å²) in [4.78, 5) is 8.26. The fourth-order valence-corrected chi connectivity index (χ4v) is 1.67. The van der Waals surface area contributed by atoms with Crippen molar-refractivity contribution >= 4 is 12.2 Å². The summed E-state index contributed by atoms with van der Waals surface area (Å²) in [5, 5.41) is 3.17. The number of rotatable bonds is 2. The summed E-state index contributed by atoms with van der Waals surface area (Å²) in [5.74, 6) is 0.788. The molecular formula is C10H12N4S. The van der Waals surface area contributed by atoms with E-state index in [4.69, 9.17) is 12.2 Å². The molecule has 0 aliphatic rings. The van der Waals surface area contributed by atoms with Crippen LogP contribution in [-0.4, -0.2) is 19.7 Å². The van der Waals surface area contributed by atoms with E-state index >= 15 is 0 Å². The second kappa shape index (κ2) is 3.94. The molecule has 0 aliphatic carbocycles. The number of nitrogens with zero attached hydrogens (tertiary/aromatic N) is 3. The molecule has 15 heavy (non-hydrogen) atoms. The number of hydrogen-bond donors (Lipinski definition) is 1. The van der Waals surface area contributed by atoms with Crippen LogP contribution in [0, 0.1) is 4.77 Å². The first-order valence-electron chi connectivity index (χ1n) is 4.77. The monoisotopic (exact) mass is 220 g/mol. The molecule has 2 rings (SSSR count). The fraction of sp³-hybridized carbons (Fsp3) is 0.300. The maximum atomic E-state index is 5.15. The summed E-state index contributed by atoms with van der Waals surface area (Å²) in [7, 11) is 0. The molecule has 0 aliphatic heterocycles. The second-order valence-corrected chi connectivity index (χ2v) is 3.92. The highest BCUT2D eigenvalue weighted by Crippen LogP contribution is 2.14. The molecule has 0 spiro atoms. The van der Waals surface area contributed by atoms with Crippen LogP contribution in [0.3, 0.4) is 0 Å². The molecule has 0 amide bonds. The highest BCUT2D eigenvalue weighted by atomic mass is 32.1. The van der Waals surface area contributed by atoms with Gasteiger partial charge >= 0.3 is 0 Å². The number of H-pyrrole nitrogens is 1. The molecule has 0 saturated heterocycles. The minimum absolute atomic E-state index is 0.292. The third-order valence-corrected chi connectivity index (χ3v) is 2.40. The number of pyridine rings is 1. The Morgan fingerprint density at radius 3 is 2.53 bits per heavy atom. The zero-order valence-corrected chi connectivity index (χ0v) is 9.45. The highest BCUT2D eigenvalue weighted by Gasteiger charge is 2.06. The predicted octanol–water partition coefficient (Wildman–Crippen LogP) is 2.58. The molecular weight excluding hydrogens is 208 g/mol. The normalized spacial score (nSPS) is 10.9. The summed E-state index contributed by atoms with van der Waals surface area (Å²) in [6, 6.07) is 4.09.